The van der Waals surface area contributed by atoms with Crippen LogP contribution < -0.4 is 9.64 Å². The predicted octanol–water partition coefficient (Wildman–Crippen LogP) is 0.591. The van der Waals surface area contributed by atoms with Crippen molar-refractivity contribution in [3.63, 3.8) is 0 Å². The molecule has 1 aromatic carbocycles. The summed E-state index contributed by atoms with van der Waals surface area (Å²) in [7, 11) is 0. The largest absolute Gasteiger partial charge is 0.508 e. The number of ether oxygens (including phenoxy) is 1. The van der Waals surface area contributed by atoms with Gasteiger partial charge in [-0.05, 0) is 19.1 Å². The van der Waals surface area contributed by atoms with Gasteiger partial charge in [-0.15, -0.1) is 0 Å². The number of benzene rings is 1. The first-order valence-corrected chi connectivity index (χ1v) is 5.01. The summed E-state index contributed by atoms with van der Waals surface area (Å²) >= 11 is 0. The Morgan fingerprint density at radius 3 is 2.88 bits per heavy atom. The van der Waals surface area contributed by atoms with Crippen molar-refractivity contribution in [2.24, 2.45) is 0 Å². The van der Waals surface area contributed by atoms with Gasteiger partial charge in [-0.2, -0.15) is 0 Å². The van der Waals surface area contributed by atoms with Crippen LogP contribution in [0.2, 0.25) is 0 Å². The molecule has 1 amide bonds. The Hall–Kier alpha value is -2.24. The second kappa shape index (κ2) is 3.97. The number of rotatable bonds is 2. The van der Waals surface area contributed by atoms with Crippen LogP contribution in [0.5, 0.6) is 11.5 Å². The van der Waals surface area contributed by atoms with Crippen LogP contribution in [0.25, 0.3) is 0 Å². The Kier molecular flexibility index (Phi) is 2.63. The topological polar surface area (TPSA) is 87.1 Å². The maximum absolute atomic E-state index is 11.7. The predicted molar refractivity (Wildman–Crippen MR) is 58.2 cm³/mol. The van der Waals surface area contributed by atoms with Gasteiger partial charge in [0.05, 0.1) is 5.69 Å². The van der Waals surface area contributed by atoms with Gasteiger partial charge in [0.25, 0.3) is 5.91 Å². The number of carbonyl (C=O) groups is 2. The second-order valence-electron chi connectivity index (χ2n) is 3.72. The summed E-state index contributed by atoms with van der Waals surface area (Å²) in [6, 6.07) is 3.21. The highest BCUT2D eigenvalue weighted by Crippen LogP contribution is 2.35. The quantitative estimate of drug-likeness (QED) is 0.786. The lowest BCUT2D eigenvalue weighted by molar-refractivity contribution is -0.140. The molecule has 0 saturated heterocycles. The van der Waals surface area contributed by atoms with E-state index in [1.165, 1.54) is 25.1 Å². The fraction of sp³-hybridized carbons (Fsp3) is 0.273. The molecule has 0 aromatic heterocycles. The van der Waals surface area contributed by atoms with E-state index in [4.69, 9.17) is 9.84 Å². The molecule has 90 valence electrons. The lowest BCUT2D eigenvalue weighted by Gasteiger charge is -2.31. The van der Waals surface area contributed by atoms with Crippen LogP contribution >= 0.6 is 0 Å². The van der Waals surface area contributed by atoms with Crippen LogP contribution in [0, 0.1) is 0 Å². The average Bonchev–Trinajstić information content (AvgIpc) is 2.28. The highest BCUT2D eigenvalue weighted by molar-refractivity contribution is 6.02. The van der Waals surface area contributed by atoms with Gasteiger partial charge in [0.1, 0.15) is 17.5 Å². The third kappa shape index (κ3) is 1.89. The first kappa shape index (κ1) is 11.3. The zero-order chi connectivity index (χ0) is 12.6. The monoisotopic (exact) mass is 237 g/mol. The number of carboxylic acids is 1. The molecule has 1 aromatic rings. The second-order valence-corrected chi connectivity index (χ2v) is 3.72. The molecule has 0 saturated carbocycles. The fourth-order valence-corrected chi connectivity index (χ4v) is 1.70. The standard InChI is InChI=1S/C11H11NO5/c1-6(11(15)16)12-8-3-2-7(13)4-9(8)17-5-10(12)14/h2-4,6,13H,5H2,1H3,(H,15,16). The highest BCUT2D eigenvalue weighted by atomic mass is 16.5. The molecule has 0 spiro atoms. The number of nitrogens with zero attached hydrogens (tertiary/aromatic N) is 1. The molecule has 0 bridgehead atoms. The zero-order valence-corrected chi connectivity index (χ0v) is 9.08. The smallest absolute Gasteiger partial charge is 0.326 e. The van der Waals surface area contributed by atoms with Crippen LogP contribution in [0.1, 0.15) is 6.92 Å². The van der Waals surface area contributed by atoms with Crippen LogP contribution in [0.15, 0.2) is 18.2 Å². The maximum atomic E-state index is 11.7. The molecule has 6 heteroatoms. The summed E-state index contributed by atoms with van der Waals surface area (Å²) in [5.41, 5.74) is 0.356. The lowest BCUT2D eigenvalue weighted by Crippen LogP contribution is -2.47. The van der Waals surface area contributed by atoms with Gasteiger partial charge < -0.3 is 14.9 Å². The molecule has 0 aliphatic carbocycles. The maximum Gasteiger partial charge on any atom is 0.326 e. The third-order valence-electron chi connectivity index (χ3n) is 2.57. The van der Waals surface area contributed by atoms with Crippen molar-refractivity contribution in [2.75, 3.05) is 11.5 Å². The number of phenols is 1. The number of carboxylic acid groups (broad SMARTS) is 1. The molecule has 1 heterocycles. The molecule has 17 heavy (non-hydrogen) atoms. The van der Waals surface area contributed by atoms with Gasteiger partial charge in [0, 0.05) is 6.07 Å². The van der Waals surface area contributed by atoms with Gasteiger partial charge in [-0.25, -0.2) is 4.79 Å². The van der Waals surface area contributed by atoms with E-state index in [1.54, 1.807) is 0 Å². The van der Waals surface area contributed by atoms with Crippen LogP contribution in [-0.2, 0) is 9.59 Å². The molecule has 0 radical (unpaired) electrons. The molecular weight excluding hydrogens is 226 g/mol. The summed E-state index contributed by atoms with van der Waals surface area (Å²) < 4.78 is 5.13. The number of aromatic hydroxyl groups is 1. The number of anilines is 1. The number of hydrogen-bond acceptors (Lipinski definition) is 4. The van der Waals surface area contributed by atoms with Crippen molar-refractivity contribution < 1.29 is 24.5 Å². The Morgan fingerprint density at radius 1 is 1.53 bits per heavy atom. The van der Waals surface area contributed by atoms with E-state index >= 15 is 0 Å². The molecule has 1 aliphatic heterocycles. The van der Waals surface area contributed by atoms with E-state index in [1.807, 2.05) is 0 Å². The normalized spacial score (nSPS) is 16.1. The Balaban J connectivity index is 2.47. The number of carbonyl (C=O) groups excluding carboxylic acids is 1. The molecule has 1 atom stereocenters. The molecule has 2 rings (SSSR count). The minimum absolute atomic E-state index is 0.000951. The summed E-state index contributed by atoms with van der Waals surface area (Å²) in [6.45, 7) is 1.19. The third-order valence-corrected chi connectivity index (χ3v) is 2.57. The average molecular weight is 237 g/mol. The van der Waals surface area contributed by atoms with Gasteiger partial charge in [-0.3, -0.25) is 9.69 Å². The van der Waals surface area contributed by atoms with Crippen LogP contribution in [0.3, 0.4) is 0 Å². The number of aliphatic carboxylic acids is 1. The van der Waals surface area contributed by atoms with E-state index in [0.29, 0.717) is 11.4 Å². The molecule has 6 nitrogen and oxygen atoms in total. The van der Waals surface area contributed by atoms with Crippen molar-refractivity contribution in [2.45, 2.75) is 13.0 Å². The van der Waals surface area contributed by atoms with E-state index in [0.717, 1.165) is 4.90 Å². The fourth-order valence-electron chi connectivity index (χ4n) is 1.70. The molecule has 1 unspecified atom stereocenters. The van der Waals surface area contributed by atoms with Gasteiger partial charge in [-0.1, -0.05) is 0 Å². The van der Waals surface area contributed by atoms with Gasteiger partial charge in [0.15, 0.2) is 6.61 Å². The van der Waals surface area contributed by atoms with E-state index in [2.05, 4.69) is 0 Å². The number of fused-ring (bicyclic) bond motifs is 1. The summed E-state index contributed by atoms with van der Waals surface area (Å²) in [6.07, 6.45) is 0. The minimum atomic E-state index is -1.10. The lowest BCUT2D eigenvalue weighted by atomic mass is 10.1. The van der Waals surface area contributed by atoms with Crippen molar-refractivity contribution in [3.05, 3.63) is 18.2 Å². The van der Waals surface area contributed by atoms with Crippen molar-refractivity contribution in [3.8, 4) is 11.5 Å². The number of hydrogen-bond donors (Lipinski definition) is 2. The van der Waals surface area contributed by atoms with Crippen molar-refractivity contribution >= 4 is 17.6 Å². The van der Waals surface area contributed by atoms with Gasteiger partial charge >= 0.3 is 5.97 Å². The summed E-state index contributed by atoms with van der Waals surface area (Å²) in [5.74, 6) is -1.21. The summed E-state index contributed by atoms with van der Waals surface area (Å²) in [5, 5.41) is 18.2. The first-order valence-electron chi connectivity index (χ1n) is 5.01. The minimum Gasteiger partial charge on any atom is -0.508 e. The van der Waals surface area contributed by atoms with E-state index in [9.17, 15) is 14.7 Å². The first-order chi connectivity index (χ1) is 8.00. The summed E-state index contributed by atoms with van der Waals surface area (Å²) in [4.78, 5) is 23.8. The van der Waals surface area contributed by atoms with E-state index < -0.39 is 17.9 Å². The Morgan fingerprint density at radius 2 is 2.24 bits per heavy atom. The van der Waals surface area contributed by atoms with Crippen LogP contribution in [-0.4, -0.2) is 34.7 Å². The van der Waals surface area contributed by atoms with Gasteiger partial charge in [0.2, 0.25) is 0 Å². The number of phenolic OH excluding ortho intramolecular Hbond substituents is 1. The van der Waals surface area contributed by atoms with Crippen molar-refractivity contribution in [1.82, 2.24) is 0 Å². The van der Waals surface area contributed by atoms with E-state index in [-0.39, 0.29) is 12.4 Å². The van der Waals surface area contributed by atoms with Crippen molar-refractivity contribution in [1.29, 1.82) is 0 Å². The zero-order valence-electron chi connectivity index (χ0n) is 9.08. The van der Waals surface area contributed by atoms with Crippen LogP contribution in [0.4, 0.5) is 5.69 Å². The Labute approximate surface area is 97.0 Å². The molecule has 0 fully saturated rings. The molecular formula is C11H11NO5. The SMILES string of the molecule is CC(C(=O)O)N1C(=O)COc2cc(O)ccc21. The number of amides is 1. The Bertz CT molecular complexity index is 485. The molecule has 2 N–H and O–H groups in total. The molecule has 1 aliphatic rings. The highest BCUT2D eigenvalue weighted by Gasteiger charge is 2.32.